The number of hydrogen-bond acceptors (Lipinski definition) is 4. The van der Waals surface area contributed by atoms with E-state index in [-0.39, 0.29) is 43.6 Å². The largest absolute Gasteiger partial charge is 0.349 e. The second-order valence-electron chi connectivity index (χ2n) is 11.8. The molecule has 1 saturated heterocycles. The van der Waals surface area contributed by atoms with Crippen LogP contribution in [0.25, 0.3) is 0 Å². The molecule has 2 heterocycles. The number of hydrogen-bond donors (Lipinski definition) is 1. The van der Waals surface area contributed by atoms with E-state index in [1.165, 1.54) is 0 Å². The molecule has 0 spiro atoms. The van der Waals surface area contributed by atoms with Crippen LogP contribution in [-0.2, 0) is 4.79 Å². The highest BCUT2D eigenvalue weighted by Crippen LogP contribution is 2.38. The lowest BCUT2D eigenvalue weighted by molar-refractivity contribution is -0.130. The molecule has 4 rings (SSSR count). The van der Waals surface area contributed by atoms with Crippen molar-refractivity contribution >= 4 is 5.91 Å². The summed E-state index contributed by atoms with van der Waals surface area (Å²) in [5.41, 5.74) is 1.07. The standard InChI is InChI=1S/C30H45F2N5O/c1-6-25-19-26(37-22(5)34-35-28(37)20(2)3)18-21(4)36(25)17-14-27(23-10-8-7-9-11-23)33-29(38)24-12-15-30(31,32)16-13-24/h7-11,20-21,24-27H,6,12-19H2,1-5H3,(H,33,38). The summed E-state index contributed by atoms with van der Waals surface area (Å²) in [5.74, 6) is -0.667. The summed E-state index contributed by atoms with van der Waals surface area (Å²) in [4.78, 5) is 15.7. The van der Waals surface area contributed by atoms with Crippen molar-refractivity contribution < 1.29 is 13.6 Å². The monoisotopic (exact) mass is 529 g/mol. The molecule has 1 aliphatic carbocycles. The molecule has 1 aromatic carbocycles. The Labute approximate surface area is 226 Å². The summed E-state index contributed by atoms with van der Waals surface area (Å²) in [7, 11) is 0. The Balaban J connectivity index is 1.44. The molecule has 2 aliphatic rings. The zero-order valence-corrected chi connectivity index (χ0v) is 23.7. The molecule has 1 saturated carbocycles. The molecule has 2 fully saturated rings. The van der Waals surface area contributed by atoms with E-state index < -0.39 is 5.92 Å². The molecule has 4 unspecified atom stereocenters. The van der Waals surface area contributed by atoms with Gasteiger partial charge in [-0.25, -0.2) is 8.78 Å². The predicted molar refractivity (Wildman–Crippen MR) is 146 cm³/mol. The fraction of sp³-hybridized carbons (Fsp3) is 0.700. The smallest absolute Gasteiger partial charge is 0.248 e. The molecule has 0 radical (unpaired) electrons. The van der Waals surface area contributed by atoms with Crippen molar-refractivity contribution in [2.24, 2.45) is 5.92 Å². The Bertz CT molecular complexity index is 1050. The molecule has 4 atom stereocenters. The number of likely N-dealkylation sites (tertiary alicyclic amines) is 1. The van der Waals surface area contributed by atoms with Gasteiger partial charge in [-0.1, -0.05) is 51.1 Å². The van der Waals surface area contributed by atoms with Gasteiger partial charge in [0.25, 0.3) is 0 Å². The van der Waals surface area contributed by atoms with Gasteiger partial charge in [0.15, 0.2) is 0 Å². The molecule has 1 amide bonds. The molecule has 8 heteroatoms. The van der Waals surface area contributed by atoms with Gasteiger partial charge in [-0.05, 0) is 57.9 Å². The fourth-order valence-electron chi connectivity index (χ4n) is 6.56. The number of nitrogens with zero attached hydrogens (tertiary/aromatic N) is 4. The summed E-state index contributed by atoms with van der Waals surface area (Å²) in [6.45, 7) is 11.8. The van der Waals surface area contributed by atoms with Crippen molar-refractivity contribution in [3.05, 3.63) is 47.5 Å². The van der Waals surface area contributed by atoms with Crippen LogP contribution in [0, 0.1) is 12.8 Å². The van der Waals surface area contributed by atoms with Gasteiger partial charge in [-0.3, -0.25) is 9.69 Å². The van der Waals surface area contributed by atoms with Crippen molar-refractivity contribution in [1.82, 2.24) is 25.0 Å². The average Bonchev–Trinajstić information content (AvgIpc) is 3.28. The number of amides is 1. The van der Waals surface area contributed by atoms with E-state index in [2.05, 4.69) is 71.7 Å². The van der Waals surface area contributed by atoms with Crippen LogP contribution in [0.15, 0.2) is 30.3 Å². The highest BCUT2D eigenvalue weighted by molar-refractivity contribution is 5.79. The van der Waals surface area contributed by atoms with E-state index in [0.717, 1.165) is 49.4 Å². The van der Waals surface area contributed by atoms with Crippen molar-refractivity contribution in [3.63, 3.8) is 0 Å². The summed E-state index contributed by atoms with van der Waals surface area (Å²) in [6.07, 6.45) is 4.04. The van der Waals surface area contributed by atoms with Crippen LogP contribution in [0.2, 0.25) is 0 Å². The first-order valence-corrected chi connectivity index (χ1v) is 14.5. The number of carbonyl (C=O) groups excluding carboxylic acids is 1. The normalized spacial score (nSPS) is 25.4. The number of halogens is 2. The zero-order chi connectivity index (χ0) is 27.4. The summed E-state index contributed by atoms with van der Waals surface area (Å²) in [5, 5.41) is 12.1. The Hall–Kier alpha value is -2.35. The summed E-state index contributed by atoms with van der Waals surface area (Å²) < 4.78 is 29.7. The van der Waals surface area contributed by atoms with Gasteiger partial charge in [0.1, 0.15) is 11.6 Å². The van der Waals surface area contributed by atoms with Gasteiger partial charge in [0, 0.05) is 49.3 Å². The number of nitrogens with one attached hydrogen (secondary N) is 1. The molecular formula is C30H45F2N5O. The van der Waals surface area contributed by atoms with Gasteiger partial charge in [0.05, 0.1) is 6.04 Å². The Morgan fingerprint density at radius 2 is 1.82 bits per heavy atom. The van der Waals surface area contributed by atoms with Gasteiger partial charge < -0.3 is 9.88 Å². The Morgan fingerprint density at radius 3 is 2.45 bits per heavy atom. The maximum Gasteiger partial charge on any atom is 0.248 e. The number of aryl methyl sites for hydroxylation is 1. The molecule has 1 aromatic heterocycles. The van der Waals surface area contributed by atoms with Crippen LogP contribution in [-0.4, -0.2) is 50.1 Å². The molecule has 1 N–H and O–H groups in total. The average molecular weight is 530 g/mol. The van der Waals surface area contributed by atoms with Gasteiger partial charge in [-0.2, -0.15) is 0 Å². The topological polar surface area (TPSA) is 63.1 Å². The summed E-state index contributed by atoms with van der Waals surface area (Å²) >= 11 is 0. The lowest BCUT2D eigenvalue weighted by atomic mass is 9.85. The van der Waals surface area contributed by atoms with E-state index in [1.54, 1.807) is 0 Å². The fourth-order valence-corrected chi connectivity index (χ4v) is 6.56. The van der Waals surface area contributed by atoms with E-state index in [0.29, 0.717) is 24.0 Å². The Morgan fingerprint density at radius 1 is 1.13 bits per heavy atom. The van der Waals surface area contributed by atoms with Crippen LogP contribution in [0.1, 0.15) is 114 Å². The van der Waals surface area contributed by atoms with Crippen LogP contribution in [0.5, 0.6) is 0 Å². The van der Waals surface area contributed by atoms with Crippen molar-refractivity contribution in [2.45, 2.75) is 122 Å². The molecule has 2 aromatic rings. The number of rotatable bonds is 9. The number of alkyl halides is 2. The lowest BCUT2D eigenvalue weighted by Gasteiger charge is -2.45. The number of piperidine rings is 1. The second-order valence-corrected chi connectivity index (χ2v) is 11.8. The minimum absolute atomic E-state index is 0.0857. The highest BCUT2D eigenvalue weighted by Gasteiger charge is 2.38. The van der Waals surface area contributed by atoms with Crippen molar-refractivity contribution in [3.8, 4) is 0 Å². The molecule has 210 valence electrons. The number of carbonyl (C=O) groups is 1. The lowest BCUT2D eigenvalue weighted by Crippen LogP contribution is -2.49. The molecular weight excluding hydrogens is 484 g/mol. The second kappa shape index (κ2) is 12.2. The van der Waals surface area contributed by atoms with Gasteiger partial charge >= 0.3 is 0 Å². The quantitative estimate of drug-likeness (QED) is 0.398. The summed E-state index contributed by atoms with van der Waals surface area (Å²) in [6, 6.07) is 11.1. The van der Waals surface area contributed by atoms with Crippen molar-refractivity contribution in [2.75, 3.05) is 6.54 Å². The third kappa shape index (κ3) is 6.61. The Kier molecular flexibility index (Phi) is 9.22. The molecule has 0 bridgehead atoms. The molecule has 38 heavy (non-hydrogen) atoms. The molecule has 1 aliphatic heterocycles. The predicted octanol–water partition coefficient (Wildman–Crippen LogP) is 6.59. The van der Waals surface area contributed by atoms with Crippen molar-refractivity contribution in [1.29, 1.82) is 0 Å². The maximum absolute atomic E-state index is 13.7. The van der Waals surface area contributed by atoms with Crippen LogP contribution in [0.3, 0.4) is 0 Å². The zero-order valence-electron chi connectivity index (χ0n) is 23.7. The van der Waals surface area contributed by atoms with Crippen LogP contribution >= 0.6 is 0 Å². The minimum Gasteiger partial charge on any atom is -0.349 e. The van der Waals surface area contributed by atoms with E-state index in [4.69, 9.17) is 0 Å². The number of benzene rings is 1. The first-order chi connectivity index (χ1) is 18.1. The third-order valence-corrected chi connectivity index (χ3v) is 8.72. The highest BCUT2D eigenvalue weighted by atomic mass is 19.3. The van der Waals surface area contributed by atoms with Crippen LogP contribution < -0.4 is 5.32 Å². The van der Waals surface area contributed by atoms with E-state index in [1.807, 2.05) is 18.2 Å². The van der Waals surface area contributed by atoms with Gasteiger partial charge in [-0.15, -0.1) is 10.2 Å². The first kappa shape index (κ1) is 28.7. The van der Waals surface area contributed by atoms with E-state index in [9.17, 15) is 13.6 Å². The van der Waals surface area contributed by atoms with Crippen LogP contribution in [0.4, 0.5) is 8.78 Å². The third-order valence-electron chi connectivity index (χ3n) is 8.72. The van der Waals surface area contributed by atoms with Gasteiger partial charge in [0.2, 0.25) is 11.8 Å². The minimum atomic E-state index is -2.63. The number of aromatic nitrogens is 3. The molecule has 6 nitrogen and oxygen atoms in total. The maximum atomic E-state index is 13.7. The SMILES string of the molecule is CCC1CC(n2c(C)nnc2C(C)C)CC(C)N1CCC(NC(=O)C1CCC(F)(F)CC1)c1ccccc1. The first-order valence-electron chi connectivity index (χ1n) is 14.5. The van der Waals surface area contributed by atoms with E-state index >= 15 is 0 Å².